The zero-order valence-corrected chi connectivity index (χ0v) is 13.3. The first kappa shape index (κ1) is 15.4. The second kappa shape index (κ2) is 6.68. The van der Waals surface area contributed by atoms with Gasteiger partial charge in [0.05, 0.1) is 0 Å². The minimum Gasteiger partial charge on any atom is -0.398 e. The van der Waals surface area contributed by atoms with Gasteiger partial charge in [-0.2, -0.15) is 0 Å². The molecular weight excluding hydrogens is 280 g/mol. The Morgan fingerprint density at radius 3 is 2.33 bits per heavy atom. The number of carbonyl (C=O) groups excluding carboxylic acids is 1. The fourth-order valence-corrected chi connectivity index (χ4v) is 2.81. The molecule has 0 aromatic heterocycles. The van der Waals surface area contributed by atoms with Crippen LogP contribution in [-0.2, 0) is 0 Å². The van der Waals surface area contributed by atoms with Crippen molar-refractivity contribution in [2.45, 2.75) is 29.6 Å². The van der Waals surface area contributed by atoms with Crippen LogP contribution in [0, 0.1) is 0 Å². The smallest absolute Gasteiger partial charge is 0.251 e. The van der Waals surface area contributed by atoms with E-state index in [1.807, 2.05) is 6.07 Å². The van der Waals surface area contributed by atoms with Gasteiger partial charge in [-0.25, -0.2) is 0 Å². The van der Waals surface area contributed by atoms with Gasteiger partial charge in [-0.1, -0.05) is 37.7 Å². The summed E-state index contributed by atoms with van der Waals surface area (Å²) in [5.74, 6) is 0.403. The number of hydrogen-bond donors (Lipinski definition) is 2. The third-order valence-corrected chi connectivity index (χ3v) is 4.37. The minimum absolute atomic E-state index is 0.125. The first-order valence-electron chi connectivity index (χ1n) is 6.90. The zero-order chi connectivity index (χ0) is 15.4. The maximum Gasteiger partial charge on any atom is 0.251 e. The second-order valence-corrected chi connectivity index (χ2v) is 6.27. The van der Waals surface area contributed by atoms with E-state index in [0.717, 1.165) is 9.79 Å². The number of amides is 1. The van der Waals surface area contributed by atoms with Gasteiger partial charge in [-0.3, -0.25) is 4.79 Å². The van der Waals surface area contributed by atoms with Crippen molar-refractivity contribution in [3.63, 3.8) is 0 Å². The third-order valence-electron chi connectivity index (χ3n) is 3.27. The molecule has 0 aliphatic heterocycles. The minimum atomic E-state index is -0.125. The van der Waals surface area contributed by atoms with Gasteiger partial charge in [-0.15, -0.1) is 0 Å². The van der Waals surface area contributed by atoms with E-state index in [4.69, 9.17) is 5.73 Å². The normalized spacial score (nSPS) is 10.7. The van der Waals surface area contributed by atoms with E-state index in [0.29, 0.717) is 17.2 Å². The van der Waals surface area contributed by atoms with Crippen molar-refractivity contribution in [1.29, 1.82) is 0 Å². The fourth-order valence-electron chi connectivity index (χ4n) is 1.97. The molecule has 3 N–H and O–H groups in total. The lowest BCUT2D eigenvalue weighted by Gasteiger charge is -2.09. The van der Waals surface area contributed by atoms with Crippen molar-refractivity contribution in [3.05, 3.63) is 53.6 Å². The van der Waals surface area contributed by atoms with Crippen LogP contribution in [0.1, 0.15) is 35.7 Å². The van der Waals surface area contributed by atoms with E-state index in [9.17, 15) is 4.79 Å². The Kier molecular flexibility index (Phi) is 4.91. The molecular formula is C17H20N2OS. The zero-order valence-electron chi connectivity index (χ0n) is 12.5. The van der Waals surface area contributed by atoms with Crippen molar-refractivity contribution in [3.8, 4) is 0 Å². The summed E-state index contributed by atoms with van der Waals surface area (Å²) in [4.78, 5) is 13.7. The van der Waals surface area contributed by atoms with Gasteiger partial charge in [0.2, 0.25) is 0 Å². The van der Waals surface area contributed by atoms with Gasteiger partial charge >= 0.3 is 0 Å². The van der Waals surface area contributed by atoms with Crippen molar-refractivity contribution in [2.75, 3.05) is 12.8 Å². The first-order chi connectivity index (χ1) is 10.0. The summed E-state index contributed by atoms with van der Waals surface area (Å²) in [5, 5.41) is 2.59. The molecule has 0 atom stereocenters. The number of benzene rings is 2. The highest BCUT2D eigenvalue weighted by Crippen LogP contribution is 2.33. The number of anilines is 1. The van der Waals surface area contributed by atoms with Crippen LogP contribution in [0.25, 0.3) is 0 Å². The number of nitrogens with one attached hydrogen (secondary N) is 1. The van der Waals surface area contributed by atoms with E-state index >= 15 is 0 Å². The van der Waals surface area contributed by atoms with Gasteiger partial charge in [0.25, 0.3) is 5.91 Å². The van der Waals surface area contributed by atoms with E-state index in [2.05, 4.69) is 43.4 Å². The van der Waals surface area contributed by atoms with Gasteiger partial charge < -0.3 is 11.1 Å². The molecule has 0 bridgehead atoms. The number of nitrogen functional groups attached to an aromatic ring is 1. The molecule has 4 heteroatoms. The van der Waals surface area contributed by atoms with Gasteiger partial charge in [0.1, 0.15) is 0 Å². The average molecular weight is 300 g/mol. The Morgan fingerprint density at radius 1 is 1.14 bits per heavy atom. The molecule has 0 aliphatic rings. The molecule has 2 aromatic carbocycles. The van der Waals surface area contributed by atoms with Crippen molar-refractivity contribution in [2.24, 2.45) is 0 Å². The van der Waals surface area contributed by atoms with Crippen molar-refractivity contribution >= 4 is 23.4 Å². The number of rotatable bonds is 4. The fraction of sp³-hybridized carbons (Fsp3) is 0.235. The van der Waals surface area contributed by atoms with E-state index in [1.165, 1.54) is 5.56 Å². The van der Waals surface area contributed by atoms with E-state index < -0.39 is 0 Å². The number of hydrogen-bond acceptors (Lipinski definition) is 3. The summed E-state index contributed by atoms with van der Waals surface area (Å²) in [6, 6.07) is 13.9. The Labute approximate surface area is 129 Å². The summed E-state index contributed by atoms with van der Waals surface area (Å²) >= 11 is 1.61. The Balaban J connectivity index is 2.18. The van der Waals surface area contributed by atoms with Crippen LogP contribution in [0.15, 0.2) is 52.3 Å². The van der Waals surface area contributed by atoms with Gasteiger partial charge in [0, 0.05) is 28.1 Å². The number of carbonyl (C=O) groups is 1. The maximum atomic E-state index is 11.6. The Bertz CT molecular complexity index is 636. The second-order valence-electron chi connectivity index (χ2n) is 5.16. The quantitative estimate of drug-likeness (QED) is 0.842. The highest BCUT2D eigenvalue weighted by molar-refractivity contribution is 7.99. The van der Waals surface area contributed by atoms with Crippen LogP contribution >= 0.6 is 11.8 Å². The molecule has 2 rings (SSSR count). The first-order valence-corrected chi connectivity index (χ1v) is 7.72. The van der Waals surface area contributed by atoms with Crippen LogP contribution in [0.3, 0.4) is 0 Å². The molecule has 2 aromatic rings. The molecule has 21 heavy (non-hydrogen) atoms. The maximum absolute atomic E-state index is 11.6. The van der Waals surface area contributed by atoms with Crippen molar-refractivity contribution < 1.29 is 4.79 Å². The topological polar surface area (TPSA) is 55.1 Å². The van der Waals surface area contributed by atoms with Gasteiger partial charge in [-0.05, 0) is 41.8 Å². The molecule has 0 radical (unpaired) electrons. The molecule has 0 spiro atoms. The van der Waals surface area contributed by atoms with Crippen LogP contribution < -0.4 is 11.1 Å². The van der Waals surface area contributed by atoms with E-state index in [-0.39, 0.29) is 5.91 Å². The van der Waals surface area contributed by atoms with Gasteiger partial charge in [0.15, 0.2) is 0 Å². The van der Waals surface area contributed by atoms with Crippen LogP contribution in [0.4, 0.5) is 5.69 Å². The highest BCUT2D eigenvalue weighted by Gasteiger charge is 2.08. The van der Waals surface area contributed by atoms with Crippen molar-refractivity contribution in [1.82, 2.24) is 5.32 Å². The third kappa shape index (κ3) is 3.79. The number of nitrogens with two attached hydrogens (primary N) is 1. The molecule has 0 heterocycles. The summed E-state index contributed by atoms with van der Waals surface area (Å²) in [5.41, 5.74) is 8.56. The molecule has 0 saturated carbocycles. The molecule has 0 unspecified atom stereocenters. The highest BCUT2D eigenvalue weighted by atomic mass is 32.2. The summed E-state index contributed by atoms with van der Waals surface area (Å²) in [6.07, 6.45) is 0. The van der Waals surface area contributed by atoms with Crippen LogP contribution in [0.5, 0.6) is 0 Å². The molecule has 0 saturated heterocycles. The monoisotopic (exact) mass is 300 g/mol. The standard InChI is InChI=1S/C17H20N2OS/c1-11(2)12-4-7-14(8-5-12)21-16-9-6-13(10-15(16)18)17(20)19-3/h4-11H,18H2,1-3H3,(H,19,20). The van der Waals surface area contributed by atoms with E-state index in [1.54, 1.807) is 30.9 Å². The molecule has 1 amide bonds. The predicted molar refractivity (Wildman–Crippen MR) is 88.9 cm³/mol. The predicted octanol–water partition coefficient (Wildman–Crippen LogP) is 3.90. The average Bonchev–Trinajstić information content (AvgIpc) is 2.49. The summed E-state index contributed by atoms with van der Waals surface area (Å²) in [7, 11) is 1.61. The molecule has 110 valence electrons. The van der Waals surface area contributed by atoms with Crippen LogP contribution in [0.2, 0.25) is 0 Å². The SMILES string of the molecule is CNC(=O)c1ccc(Sc2ccc(C(C)C)cc2)c(N)c1. The molecule has 0 aliphatic carbocycles. The lowest BCUT2D eigenvalue weighted by atomic mass is 10.0. The Hall–Kier alpha value is -1.94. The summed E-state index contributed by atoms with van der Waals surface area (Å²) < 4.78 is 0. The molecule has 0 fully saturated rings. The molecule has 3 nitrogen and oxygen atoms in total. The largest absolute Gasteiger partial charge is 0.398 e. The lowest BCUT2D eigenvalue weighted by Crippen LogP contribution is -2.17. The van der Waals surface area contributed by atoms with Crippen LogP contribution in [-0.4, -0.2) is 13.0 Å². The lowest BCUT2D eigenvalue weighted by molar-refractivity contribution is 0.0963. The Morgan fingerprint density at radius 2 is 1.81 bits per heavy atom. The summed E-state index contributed by atoms with van der Waals surface area (Å²) in [6.45, 7) is 4.36.